The van der Waals surface area contributed by atoms with E-state index in [2.05, 4.69) is 15.4 Å². The molecule has 100 valence electrons. The molecular formula is C12H14FN5S. The second-order valence-electron chi connectivity index (χ2n) is 4.07. The van der Waals surface area contributed by atoms with E-state index >= 15 is 0 Å². The fourth-order valence-corrected chi connectivity index (χ4v) is 1.75. The van der Waals surface area contributed by atoms with E-state index < -0.39 is 0 Å². The number of hydrogen-bond acceptors (Lipinski definition) is 4. The van der Waals surface area contributed by atoms with Crippen LogP contribution in [0.1, 0.15) is 11.4 Å². The van der Waals surface area contributed by atoms with Crippen LogP contribution in [0.2, 0.25) is 0 Å². The number of hydrogen-bond donors (Lipinski definition) is 2. The summed E-state index contributed by atoms with van der Waals surface area (Å²) in [7, 11) is 1.80. The van der Waals surface area contributed by atoms with Crippen LogP contribution in [-0.2, 0) is 13.5 Å². The molecule has 0 saturated heterocycles. The second-order valence-corrected chi connectivity index (χ2v) is 4.51. The summed E-state index contributed by atoms with van der Waals surface area (Å²) in [6.07, 6.45) is 2.25. The second kappa shape index (κ2) is 5.75. The monoisotopic (exact) mass is 279 g/mol. The summed E-state index contributed by atoms with van der Waals surface area (Å²) in [6.45, 7) is 0.549. The fraction of sp³-hybridized carbons (Fsp3) is 0.250. The Morgan fingerprint density at radius 2 is 2.32 bits per heavy atom. The number of nitrogens with zero attached hydrogens (tertiary/aromatic N) is 3. The molecule has 0 unspecified atom stereocenters. The van der Waals surface area contributed by atoms with E-state index in [0.717, 1.165) is 5.82 Å². The normalized spacial score (nSPS) is 10.4. The summed E-state index contributed by atoms with van der Waals surface area (Å²) in [5, 5.41) is 7.13. The number of aryl methyl sites for hydroxylation is 1. The average Bonchev–Trinajstić information content (AvgIpc) is 2.77. The lowest BCUT2D eigenvalue weighted by Crippen LogP contribution is -2.11. The molecule has 0 fully saturated rings. The molecule has 1 heterocycles. The number of rotatable bonds is 5. The number of benzene rings is 1. The van der Waals surface area contributed by atoms with Crippen LogP contribution in [0.15, 0.2) is 24.5 Å². The van der Waals surface area contributed by atoms with E-state index in [1.54, 1.807) is 30.2 Å². The van der Waals surface area contributed by atoms with Gasteiger partial charge in [0.2, 0.25) is 0 Å². The van der Waals surface area contributed by atoms with Crippen molar-refractivity contribution in [1.29, 1.82) is 0 Å². The predicted molar refractivity (Wildman–Crippen MR) is 75.5 cm³/mol. The van der Waals surface area contributed by atoms with Crippen molar-refractivity contribution >= 4 is 22.9 Å². The summed E-state index contributed by atoms with van der Waals surface area (Å²) in [5.41, 5.74) is 6.37. The Balaban J connectivity index is 1.94. The van der Waals surface area contributed by atoms with Gasteiger partial charge in [-0.3, -0.25) is 4.68 Å². The SMILES string of the molecule is Cn1cnc(CCNc2ccc(C(N)=S)cc2F)n1. The molecule has 0 saturated carbocycles. The molecule has 5 nitrogen and oxygen atoms in total. The maximum absolute atomic E-state index is 13.7. The molecule has 0 atom stereocenters. The zero-order valence-electron chi connectivity index (χ0n) is 10.4. The van der Waals surface area contributed by atoms with E-state index in [-0.39, 0.29) is 10.8 Å². The number of nitrogens with one attached hydrogen (secondary N) is 1. The lowest BCUT2D eigenvalue weighted by Gasteiger charge is -2.07. The molecule has 0 spiro atoms. The summed E-state index contributed by atoms with van der Waals surface area (Å²) in [5.74, 6) is 0.342. The van der Waals surface area contributed by atoms with Crippen molar-refractivity contribution < 1.29 is 4.39 Å². The lowest BCUT2D eigenvalue weighted by molar-refractivity contribution is 0.629. The third kappa shape index (κ3) is 3.47. The number of anilines is 1. The van der Waals surface area contributed by atoms with Gasteiger partial charge in [0.25, 0.3) is 0 Å². The van der Waals surface area contributed by atoms with Crippen molar-refractivity contribution in [3.05, 3.63) is 41.7 Å². The van der Waals surface area contributed by atoms with E-state index in [1.165, 1.54) is 6.07 Å². The van der Waals surface area contributed by atoms with Gasteiger partial charge in [0.15, 0.2) is 5.82 Å². The zero-order valence-corrected chi connectivity index (χ0v) is 11.2. The lowest BCUT2D eigenvalue weighted by atomic mass is 10.2. The molecule has 2 aromatic rings. The van der Waals surface area contributed by atoms with Crippen molar-refractivity contribution in [3.63, 3.8) is 0 Å². The highest BCUT2D eigenvalue weighted by Gasteiger charge is 2.05. The van der Waals surface area contributed by atoms with Crippen LogP contribution in [-0.4, -0.2) is 26.3 Å². The van der Waals surface area contributed by atoms with Gasteiger partial charge in [-0.1, -0.05) is 12.2 Å². The Morgan fingerprint density at radius 1 is 1.53 bits per heavy atom. The van der Waals surface area contributed by atoms with Crippen LogP contribution in [0, 0.1) is 5.82 Å². The number of thiocarbonyl (C=S) groups is 1. The molecule has 0 aliphatic carbocycles. The first kappa shape index (κ1) is 13.4. The van der Waals surface area contributed by atoms with E-state index in [1.807, 2.05) is 0 Å². The summed E-state index contributed by atoms with van der Waals surface area (Å²) in [6, 6.07) is 4.63. The zero-order chi connectivity index (χ0) is 13.8. The topological polar surface area (TPSA) is 68.8 Å². The van der Waals surface area contributed by atoms with Crippen molar-refractivity contribution in [3.8, 4) is 0 Å². The van der Waals surface area contributed by atoms with Gasteiger partial charge in [0.1, 0.15) is 17.1 Å². The first-order valence-electron chi connectivity index (χ1n) is 5.74. The highest BCUT2D eigenvalue weighted by molar-refractivity contribution is 7.80. The van der Waals surface area contributed by atoms with Crippen LogP contribution < -0.4 is 11.1 Å². The molecule has 1 aromatic carbocycles. The highest BCUT2D eigenvalue weighted by Crippen LogP contribution is 2.15. The molecule has 0 aliphatic rings. The summed E-state index contributed by atoms with van der Waals surface area (Å²) >= 11 is 4.79. The summed E-state index contributed by atoms with van der Waals surface area (Å²) < 4.78 is 15.4. The van der Waals surface area contributed by atoms with Gasteiger partial charge in [0.05, 0.1) is 5.69 Å². The van der Waals surface area contributed by atoms with Crippen LogP contribution in [0.5, 0.6) is 0 Å². The smallest absolute Gasteiger partial charge is 0.152 e. The molecule has 0 radical (unpaired) electrons. The highest BCUT2D eigenvalue weighted by atomic mass is 32.1. The molecule has 0 amide bonds. The van der Waals surface area contributed by atoms with Crippen molar-refractivity contribution in [2.75, 3.05) is 11.9 Å². The van der Waals surface area contributed by atoms with Gasteiger partial charge >= 0.3 is 0 Å². The van der Waals surface area contributed by atoms with Gasteiger partial charge < -0.3 is 11.1 Å². The maximum atomic E-state index is 13.7. The first-order chi connectivity index (χ1) is 9.06. The molecular weight excluding hydrogens is 265 g/mol. The molecule has 3 N–H and O–H groups in total. The fourth-order valence-electron chi connectivity index (χ4n) is 1.62. The molecule has 19 heavy (non-hydrogen) atoms. The minimum Gasteiger partial charge on any atom is -0.389 e. The quantitative estimate of drug-likeness (QED) is 0.806. The molecule has 0 bridgehead atoms. The Morgan fingerprint density at radius 3 is 2.89 bits per heavy atom. The summed E-state index contributed by atoms with van der Waals surface area (Å²) in [4.78, 5) is 4.27. The van der Waals surface area contributed by atoms with Gasteiger partial charge in [-0.2, -0.15) is 5.10 Å². The van der Waals surface area contributed by atoms with Crippen molar-refractivity contribution in [1.82, 2.24) is 14.8 Å². The predicted octanol–water partition coefficient (Wildman–Crippen LogP) is 1.24. The van der Waals surface area contributed by atoms with Gasteiger partial charge in [-0.05, 0) is 18.2 Å². The maximum Gasteiger partial charge on any atom is 0.152 e. The standard InChI is InChI=1S/C12H14FN5S/c1-18-7-16-11(17-18)4-5-15-10-3-2-8(12(14)19)6-9(10)13/h2-3,6-7,15H,4-5H2,1H3,(H2,14,19). The van der Waals surface area contributed by atoms with E-state index in [4.69, 9.17) is 18.0 Å². The Hall–Kier alpha value is -2.02. The molecule has 1 aromatic heterocycles. The molecule has 0 aliphatic heterocycles. The minimum atomic E-state index is -0.376. The van der Waals surface area contributed by atoms with Crippen molar-refractivity contribution in [2.24, 2.45) is 12.8 Å². The Kier molecular flexibility index (Phi) is 4.06. The third-order valence-electron chi connectivity index (χ3n) is 2.56. The Labute approximate surface area is 115 Å². The number of halogens is 1. The molecule has 2 rings (SSSR count). The van der Waals surface area contributed by atoms with Gasteiger partial charge in [0, 0.05) is 25.6 Å². The third-order valence-corrected chi connectivity index (χ3v) is 2.80. The van der Waals surface area contributed by atoms with Crippen molar-refractivity contribution in [2.45, 2.75) is 6.42 Å². The number of nitrogens with two attached hydrogens (primary N) is 1. The van der Waals surface area contributed by atoms with Crippen LogP contribution in [0.25, 0.3) is 0 Å². The number of aromatic nitrogens is 3. The van der Waals surface area contributed by atoms with E-state index in [9.17, 15) is 4.39 Å². The Bertz CT molecular complexity index is 596. The van der Waals surface area contributed by atoms with Crippen LogP contribution in [0.3, 0.4) is 0 Å². The largest absolute Gasteiger partial charge is 0.389 e. The molecule has 7 heteroatoms. The van der Waals surface area contributed by atoms with Gasteiger partial charge in [-0.25, -0.2) is 9.37 Å². The van der Waals surface area contributed by atoms with E-state index in [0.29, 0.717) is 24.2 Å². The average molecular weight is 279 g/mol. The minimum absolute atomic E-state index is 0.183. The first-order valence-corrected chi connectivity index (χ1v) is 6.15. The van der Waals surface area contributed by atoms with Crippen LogP contribution in [0.4, 0.5) is 10.1 Å². The van der Waals surface area contributed by atoms with Gasteiger partial charge in [-0.15, -0.1) is 0 Å². The van der Waals surface area contributed by atoms with Crippen LogP contribution >= 0.6 is 12.2 Å².